The maximum Gasteiger partial charge on any atom is 0.211 e. The smallest absolute Gasteiger partial charge is 0.211 e. The van der Waals surface area contributed by atoms with Crippen LogP contribution in [0, 0.1) is 0 Å². The molecule has 27 heavy (non-hydrogen) atoms. The Bertz CT molecular complexity index is 751. The van der Waals surface area contributed by atoms with E-state index in [2.05, 4.69) is 14.8 Å². The number of nitrogens with two attached hydrogens (primary N) is 1. The molecule has 0 spiro atoms. The molecule has 2 aliphatic heterocycles. The van der Waals surface area contributed by atoms with E-state index in [0.717, 1.165) is 49.7 Å². The van der Waals surface area contributed by atoms with Crippen LogP contribution in [0.25, 0.3) is 0 Å². The van der Waals surface area contributed by atoms with Crippen LogP contribution in [0.1, 0.15) is 12.8 Å². The molecule has 1 aromatic rings. The molecule has 3 rings (SSSR count). The van der Waals surface area contributed by atoms with Gasteiger partial charge >= 0.3 is 0 Å². The van der Waals surface area contributed by atoms with Crippen LogP contribution in [-0.4, -0.2) is 75.1 Å². The van der Waals surface area contributed by atoms with Gasteiger partial charge in [0.25, 0.3) is 0 Å². The van der Waals surface area contributed by atoms with Crippen LogP contribution < -0.4 is 10.6 Å². The molecule has 1 atom stereocenters. The summed E-state index contributed by atoms with van der Waals surface area (Å²) in [5.74, 6) is 0.501. The molecule has 7 nitrogen and oxygen atoms in total. The number of anilines is 1. The van der Waals surface area contributed by atoms with Crippen molar-refractivity contribution in [3.05, 3.63) is 29.3 Å². The third-order valence-corrected chi connectivity index (χ3v) is 6.59. The summed E-state index contributed by atoms with van der Waals surface area (Å²) in [4.78, 5) is 8.84. The molecule has 0 radical (unpaired) electrons. The second-order valence-corrected chi connectivity index (χ2v) is 9.19. The predicted molar refractivity (Wildman–Crippen MR) is 122 cm³/mol. The first-order valence-corrected chi connectivity index (χ1v) is 11.1. The summed E-state index contributed by atoms with van der Waals surface area (Å²) in [7, 11) is -3.17. The van der Waals surface area contributed by atoms with Crippen molar-refractivity contribution in [3.8, 4) is 0 Å². The number of hydrogen-bond donors (Lipinski definition) is 1. The van der Waals surface area contributed by atoms with Gasteiger partial charge in [0.05, 0.1) is 12.8 Å². The lowest BCUT2D eigenvalue weighted by Crippen LogP contribution is -2.51. The molecule has 2 saturated heterocycles. The number of halogens is 2. The van der Waals surface area contributed by atoms with Crippen LogP contribution >= 0.6 is 35.6 Å². The number of nitrogens with zero attached hydrogens (tertiary/aromatic N) is 4. The molecule has 0 amide bonds. The number of guanidine groups is 1. The Balaban J connectivity index is 0.00000261. The second kappa shape index (κ2) is 9.62. The van der Waals surface area contributed by atoms with E-state index >= 15 is 0 Å². The highest BCUT2D eigenvalue weighted by molar-refractivity contribution is 14.0. The Morgan fingerprint density at radius 2 is 1.81 bits per heavy atom. The quantitative estimate of drug-likeness (QED) is 0.367. The van der Waals surface area contributed by atoms with E-state index in [1.807, 2.05) is 24.3 Å². The molecule has 0 saturated carbocycles. The Kier molecular flexibility index (Phi) is 8.02. The minimum Gasteiger partial charge on any atom is -0.370 e. The number of hydrogen-bond acceptors (Lipinski definition) is 4. The van der Waals surface area contributed by atoms with Crippen molar-refractivity contribution in [1.82, 2.24) is 9.21 Å². The van der Waals surface area contributed by atoms with Gasteiger partial charge < -0.3 is 15.5 Å². The van der Waals surface area contributed by atoms with Gasteiger partial charge in [-0.15, -0.1) is 24.0 Å². The minimum atomic E-state index is -3.17. The lowest BCUT2D eigenvalue weighted by molar-refractivity contribution is 0.372. The van der Waals surface area contributed by atoms with Crippen molar-refractivity contribution in [2.45, 2.75) is 18.9 Å². The lowest BCUT2D eigenvalue weighted by atomic mass is 10.2. The van der Waals surface area contributed by atoms with Crippen LogP contribution in [0.3, 0.4) is 0 Å². The number of rotatable bonds is 4. The second-order valence-electron chi connectivity index (χ2n) is 6.82. The van der Waals surface area contributed by atoms with Crippen molar-refractivity contribution in [2.24, 2.45) is 10.7 Å². The molecule has 2 fully saturated rings. The summed E-state index contributed by atoms with van der Waals surface area (Å²) in [6.45, 7) is 4.30. The molecule has 2 aliphatic rings. The van der Waals surface area contributed by atoms with Gasteiger partial charge in [0.15, 0.2) is 5.96 Å². The first-order chi connectivity index (χ1) is 12.3. The molecule has 152 valence electrons. The number of piperazine rings is 1. The largest absolute Gasteiger partial charge is 0.370 e. The van der Waals surface area contributed by atoms with E-state index in [9.17, 15) is 8.42 Å². The highest BCUT2D eigenvalue weighted by Crippen LogP contribution is 2.21. The average Bonchev–Trinajstić information content (AvgIpc) is 3.09. The third kappa shape index (κ3) is 5.85. The minimum absolute atomic E-state index is 0. The standard InChI is InChI=1S/C17H26ClN5O2S.HI/c1-26(24,25)23-8-2-3-16(23)13-20-17(19)22-11-9-21(10-12-22)15-6-4-14(18)5-7-15;/h4-7,16H,2-3,8-13H2,1H3,(H2,19,20);1H/t16-;/m1./s1. The zero-order valence-corrected chi connectivity index (χ0v) is 19.3. The normalized spacial score (nSPS) is 22.0. The van der Waals surface area contributed by atoms with E-state index in [-0.39, 0.29) is 30.0 Å². The van der Waals surface area contributed by atoms with E-state index in [4.69, 9.17) is 17.3 Å². The maximum absolute atomic E-state index is 11.8. The Hall–Kier alpha value is -0.780. The molecule has 10 heteroatoms. The van der Waals surface area contributed by atoms with Gasteiger partial charge in [-0.25, -0.2) is 8.42 Å². The Labute approximate surface area is 183 Å². The summed E-state index contributed by atoms with van der Waals surface area (Å²) in [6.07, 6.45) is 2.98. The number of sulfonamides is 1. The van der Waals surface area contributed by atoms with Crippen LogP contribution in [0.15, 0.2) is 29.3 Å². The fraction of sp³-hybridized carbons (Fsp3) is 0.588. The van der Waals surface area contributed by atoms with Crippen molar-refractivity contribution < 1.29 is 8.42 Å². The molecule has 2 N–H and O–H groups in total. The van der Waals surface area contributed by atoms with Crippen LogP contribution in [-0.2, 0) is 10.0 Å². The zero-order chi connectivity index (χ0) is 18.7. The average molecular weight is 528 g/mol. The van der Waals surface area contributed by atoms with Gasteiger partial charge in [-0.2, -0.15) is 4.31 Å². The van der Waals surface area contributed by atoms with Crippen molar-refractivity contribution in [2.75, 3.05) is 50.4 Å². The summed E-state index contributed by atoms with van der Waals surface area (Å²) >= 11 is 5.94. The molecule has 2 heterocycles. The molecular weight excluding hydrogens is 501 g/mol. The van der Waals surface area contributed by atoms with Crippen LogP contribution in [0.5, 0.6) is 0 Å². The highest BCUT2D eigenvalue weighted by Gasteiger charge is 2.31. The van der Waals surface area contributed by atoms with Gasteiger partial charge in [0, 0.05) is 49.5 Å². The van der Waals surface area contributed by atoms with E-state index in [1.165, 1.54) is 6.26 Å². The highest BCUT2D eigenvalue weighted by atomic mass is 127. The van der Waals surface area contributed by atoms with Crippen LogP contribution in [0.4, 0.5) is 5.69 Å². The van der Waals surface area contributed by atoms with Crippen molar-refractivity contribution in [1.29, 1.82) is 0 Å². The maximum atomic E-state index is 11.8. The molecule has 0 unspecified atom stereocenters. The summed E-state index contributed by atoms with van der Waals surface area (Å²) in [5.41, 5.74) is 7.31. The molecule has 0 bridgehead atoms. The predicted octanol–water partition coefficient (Wildman–Crippen LogP) is 1.82. The number of benzene rings is 1. The van der Waals surface area contributed by atoms with Gasteiger partial charge in [-0.1, -0.05) is 11.6 Å². The Morgan fingerprint density at radius 3 is 2.41 bits per heavy atom. The topological polar surface area (TPSA) is 82.2 Å². The van der Waals surface area contributed by atoms with E-state index < -0.39 is 10.0 Å². The van der Waals surface area contributed by atoms with Crippen molar-refractivity contribution in [3.63, 3.8) is 0 Å². The first kappa shape index (κ1) is 22.5. The summed E-state index contributed by atoms with van der Waals surface area (Å²) in [6, 6.07) is 7.77. The zero-order valence-electron chi connectivity index (χ0n) is 15.4. The SMILES string of the molecule is CS(=O)(=O)N1CCC[C@@H]1CN=C(N)N1CCN(c2ccc(Cl)cc2)CC1.I. The van der Waals surface area contributed by atoms with Gasteiger partial charge in [0.1, 0.15) is 0 Å². The first-order valence-electron chi connectivity index (χ1n) is 8.87. The van der Waals surface area contributed by atoms with Gasteiger partial charge in [-0.3, -0.25) is 4.99 Å². The fourth-order valence-electron chi connectivity index (χ4n) is 3.57. The number of aliphatic imine (C=N–C) groups is 1. The van der Waals surface area contributed by atoms with E-state index in [0.29, 0.717) is 19.0 Å². The molecule has 0 aromatic heterocycles. The molecular formula is C17H27ClIN5O2S. The lowest BCUT2D eigenvalue weighted by Gasteiger charge is -2.36. The van der Waals surface area contributed by atoms with Crippen LogP contribution in [0.2, 0.25) is 5.02 Å². The van der Waals surface area contributed by atoms with Gasteiger partial charge in [-0.05, 0) is 37.1 Å². The molecule has 1 aromatic carbocycles. The fourth-order valence-corrected chi connectivity index (χ4v) is 4.87. The third-order valence-electron chi connectivity index (χ3n) is 5.01. The summed E-state index contributed by atoms with van der Waals surface area (Å²) in [5, 5.41) is 0.735. The van der Waals surface area contributed by atoms with Gasteiger partial charge in [0.2, 0.25) is 10.0 Å². The van der Waals surface area contributed by atoms with Crippen molar-refractivity contribution >= 4 is 57.2 Å². The molecule has 0 aliphatic carbocycles. The monoisotopic (exact) mass is 527 g/mol. The van der Waals surface area contributed by atoms with E-state index in [1.54, 1.807) is 4.31 Å². The Morgan fingerprint density at radius 1 is 1.19 bits per heavy atom. The summed E-state index contributed by atoms with van der Waals surface area (Å²) < 4.78 is 25.2.